The largest absolute Gasteiger partial charge is 0.350 e. The number of nitrogens with zero attached hydrogens (tertiary/aromatic N) is 1. The van der Waals surface area contributed by atoms with Crippen molar-refractivity contribution in [1.82, 2.24) is 9.88 Å². The summed E-state index contributed by atoms with van der Waals surface area (Å²) in [5, 5.41) is 1.74. The van der Waals surface area contributed by atoms with Crippen LogP contribution in [0.3, 0.4) is 0 Å². The van der Waals surface area contributed by atoms with Gasteiger partial charge in [0.1, 0.15) is 5.69 Å². The smallest absolute Gasteiger partial charge is 0.270 e. The third-order valence-electron chi connectivity index (χ3n) is 3.83. The Morgan fingerprint density at radius 3 is 2.95 bits per heavy atom. The summed E-state index contributed by atoms with van der Waals surface area (Å²) in [5.74, 6) is 0.394. The van der Waals surface area contributed by atoms with Gasteiger partial charge in [0.15, 0.2) is 0 Å². The first kappa shape index (κ1) is 13.7. The molecule has 106 valence electrons. The molecular formula is C14H15Cl2N3O. The molecule has 1 fully saturated rings. The van der Waals surface area contributed by atoms with Crippen LogP contribution in [0.2, 0.25) is 10.0 Å². The fourth-order valence-corrected chi connectivity index (χ4v) is 3.02. The quantitative estimate of drug-likeness (QED) is 0.895. The van der Waals surface area contributed by atoms with E-state index in [9.17, 15) is 4.79 Å². The van der Waals surface area contributed by atoms with Crippen LogP contribution < -0.4 is 5.73 Å². The Labute approximate surface area is 126 Å². The topological polar surface area (TPSA) is 62.1 Å². The number of amides is 1. The summed E-state index contributed by atoms with van der Waals surface area (Å²) in [4.78, 5) is 17.4. The fraction of sp³-hybridized carbons (Fsp3) is 0.357. The minimum absolute atomic E-state index is 0.00987. The van der Waals surface area contributed by atoms with Crippen LogP contribution in [0.4, 0.5) is 0 Å². The van der Waals surface area contributed by atoms with Gasteiger partial charge in [-0.15, -0.1) is 0 Å². The molecule has 2 heterocycles. The van der Waals surface area contributed by atoms with Crippen molar-refractivity contribution >= 4 is 40.0 Å². The van der Waals surface area contributed by atoms with Gasteiger partial charge >= 0.3 is 0 Å². The highest BCUT2D eigenvalue weighted by Gasteiger charge is 2.27. The average Bonchev–Trinajstić information content (AvgIpc) is 3.08. The Balaban J connectivity index is 1.91. The SMILES string of the molecule is NC[C@@H]1CCN(C(=O)c2cc3c(Cl)c(Cl)ccc3[nH]2)C1. The average molecular weight is 312 g/mol. The molecule has 0 saturated carbocycles. The predicted octanol–water partition coefficient (Wildman–Crippen LogP) is 2.90. The molecule has 3 N–H and O–H groups in total. The maximum Gasteiger partial charge on any atom is 0.270 e. The summed E-state index contributed by atoms with van der Waals surface area (Å²) in [6, 6.07) is 5.31. The highest BCUT2D eigenvalue weighted by molar-refractivity contribution is 6.45. The van der Waals surface area contributed by atoms with E-state index < -0.39 is 0 Å². The molecule has 1 aliphatic rings. The number of benzene rings is 1. The molecule has 4 nitrogen and oxygen atoms in total. The van der Waals surface area contributed by atoms with Gasteiger partial charge in [-0.25, -0.2) is 0 Å². The molecule has 1 atom stereocenters. The van der Waals surface area contributed by atoms with Crippen LogP contribution in [0.5, 0.6) is 0 Å². The second kappa shape index (κ2) is 5.28. The van der Waals surface area contributed by atoms with Gasteiger partial charge < -0.3 is 15.6 Å². The number of hydrogen-bond donors (Lipinski definition) is 2. The van der Waals surface area contributed by atoms with Crippen molar-refractivity contribution in [2.24, 2.45) is 11.7 Å². The number of aromatic amines is 1. The molecule has 3 rings (SSSR count). The number of hydrogen-bond acceptors (Lipinski definition) is 2. The normalized spacial score (nSPS) is 18.9. The molecular weight excluding hydrogens is 297 g/mol. The van der Waals surface area contributed by atoms with Gasteiger partial charge in [-0.05, 0) is 37.1 Å². The first-order valence-corrected chi connectivity index (χ1v) is 7.32. The van der Waals surface area contributed by atoms with Crippen molar-refractivity contribution in [3.8, 4) is 0 Å². The summed E-state index contributed by atoms with van der Waals surface area (Å²) < 4.78 is 0. The number of carbonyl (C=O) groups is 1. The number of likely N-dealkylation sites (tertiary alicyclic amines) is 1. The van der Waals surface area contributed by atoms with Crippen LogP contribution in [-0.2, 0) is 0 Å². The maximum atomic E-state index is 12.5. The molecule has 0 aliphatic carbocycles. The zero-order valence-electron chi connectivity index (χ0n) is 10.8. The van der Waals surface area contributed by atoms with E-state index in [1.807, 2.05) is 11.0 Å². The number of aromatic nitrogens is 1. The first-order chi connectivity index (χ1) is 9.60. The summed E-state index contributed by atoms with van der Waals surface area (Å²) >= 11 is 12.1. The second-order valence-electron chi connectivity index (χ2n) is 5.15. The molecule has 0 radical (unpaired) electrons. The summed E-state index contributed by atoms with van der Waals surface area (Å²) in [5.41, 5.74) is 7.02. The number of H-pyrrole nitrogens is 1. The van der Waals surface area contributed by atoms with Crippen molar-refractivity contribution in [3.05, 3.63) is 33.9 Å². The maximum absolute atomic E-state index is 12.5. The van der Waals surface area contributed by atoms with Gasteiger partial charge in [-0.2, -0.15) is 0 Å². The van der Waals surface area contributed by atoms with Crippen LogP contribution in [0.15, 0.2) is 18.2 Å². The Morgan fingerprint density at radius 1 is 1.45 bits per heavy atom. The van der Waals surface area contributed by atoms with Gasteiger partial charge in [-0.1, -0.05) is 23.2 Å². The van der Waals surface area contributed by atoms with E-state index >= 15 is 0 Å². The molecule has 1 amide bonds. The number of nitrogens with one attached hydrogen (secondary N) is 1. The zero-order valence-corrected chi connectivity index (χ0v) is 12.3. The number of carbonyl (C=O) groups excluding carboxylic acids is 1. The van der Waals surface area contributed by atoms with Crippen LogP contribution >= 0.6 is 23.2 Å². The van der Waals surface area contributed by atoms with Crippen molar-refractivity contribution in [3.63, 3.8) is 0 Å². The molecule has 20 heavy (non-hydrogen) atoms. The number of fused-ring (bicyclic) bond motifs is 1. The first-order valence-electron chi connectivity index (χ1n) is 6.56. The summed E-state index contributed by atoms with van der Waals surface area (Å²) in [6.07, 6.45) is 0.967. The Bertz CT molecular complexity index is 668. The number of rotatable bonds is 2. The van der Waals surface area contributed by atoms with Gasteiger partial charge in [0, 0.05) is 24.0 Å². The number of halogens is 2. The van der Waals surface area contributed by atoms with Crippen LogP contribution in [0.1, 0.15) is 16.9 Å². The molecule has 6 heteroatoms. The third kappa shape index (κ3) is 2.28. The van der Waals surface area contributed by atoms with E-state index in [4.69, 9.17) is 28.9 Å². The predicted molar refractivity (Wildman–Crippen MR) is 81.4 cm³/mol. The highest BCUT2D eigenvalue weighted by atomic mass is 35.5. The molecule has 2 aromatic rings. The Hall–Kier alpha value is -1.23. The van der Waals surface area contributed by atoms with E-state index in [-0.39, 0.29) is 5.91 Å². The molecule has 0 bridgehead atoms. The van der Waals surface area contributed by atoms with Crippen molar-refractivity contribution in [2.45, 2.75) is 6.42 Å². The standard InChI is InChI=1S/C14H15Cl2N3O/c15-10-1-2-11-9(13(10)16)5-12(18-11)14(20)19-4-3-8(6-17)7-19/h1-2,5,8,18H,3-4,6-7,17H2/t8-/m0/s1. The molecule has 0 spiro atoms. The van der Waals surface area contributed by atoms with Gasteiger partial charge in [0.05, 0.1) is 10.0 Å². The van der Waals surface area contributed by atoms with Crippen molar-refractivity contribution < 1.29 is 4.79 Å². The van der Waals surface area contributed by atoms with Gasteiger partial charge in [-0.3, -0.25) is 4.79 Å². The van der Waals surface area contributed by atoms with Crippen molar-refractivity contribution in [2.75, 3.05) is 19.6 Å². The minimum atomic E-state index is -0.00987. The monoisotopic (exact) mass is 311 g/mol. The third-order valence-corrected chi connectivity index (χ3v) is 4.65. The van der Waals surface area contributed by atoms with E-state index in [1.54, 1.807) is 12.1 Å². The Morgan fingerprint density at radius 2 is 2.25 bits per heavy atom. The molecule has 1 aromatic heterocycles. The van der Waals surface area contributed by atoms with Crippen LogP contribution in [-0.4, -0.2) is 35.4 Å². The fourth-order valence-electron chi connectivity index (χ4n) is 2.64. The lowest BCUT2D eigenvalue weighted by Gasteiger charge is -2.14. The highest BCUT2D eigenvalue weighted by Crippen LogP contribution is 2.31. The van der Waals surface area contributed by atoms with E-state index in [2.05, 4.69) is 4.98 Å². The van der Waals surface area contributed by atoms with Crippen LogP contribution in [0.25, 0.3) is 10.9 Å². The lowest BCUT2D eigenvalue weighted by molar-refractivity contribution is 0.0783. The van der Waals surface area contributed by atoms with Crippen molar-refractivity contribution in [1.29, 1.82) is 0 Å². The molecule has 0 unspecified atom stereocenters. The zero-order chi connectivity index (χ0) is 14.3. The Kier molecular flexibility index (Phi) is 3.63. The minimum Gasteiger partial charge on any atom is -0.350 e. The van der Waals surface area contributed by atoms with Crippen LogP contribution in [0, 0.1) is 5.92 Å². The van der Waals surface area contributed by atoms with E-state index in [1.165, 1.54) is 0 Å². The summed E-state index contributed by atoms with van der Waals surface area (Å²) in [7, 11) is 0. The number of nitrogens with two attached hydrogens (primary N) is 1. The lowest BCUT2D eigenvalue weighted by Crippen LogP contribution is -2.30. The summed E-state index contributed by atoms with van der Waals surface area (Å²) in [6.45, 7) is 2.10. The lowest BCUT2D eigenvalue weighted by atomic mass is 10.1. The second-order valence-corrected chi connectivity index (χ2v) is 5.93. The molecule has 1 saturated heterocycles. The van der Waals surface area contributed by atoms with E-state index in [0.29, 0.717) is 28.2 Å². The van der Waals surface area contributed by atoms with Gasteiger partial charge in [0.2, 0.25) is 0 Å². The molecule has 1 aliphatic heterocycles. The van der Waals surface area contributed by atoms with E-state index in [0.717, 1.165) is 30.4 Å². The van der Waals surface area contributed by atoms with Gasteiger partial charge in [0.25, 0.3) is 5.91 Å². The molecule has 1 aromatic carbocycles.